The highest BCUT2D eigenvalue weighted by Crippen LogP contribution is 2.49. The zero-order chi connectivity index (χ0) is 23.2. The van der Waals surface area contributed by atoms with Crippen molar-refractivity contribution in [2.75, 3.05) is 0 Å². The van der Waals surface area contributed by atoms with E-state index in [0.717, 1.165) is 24.4 Å². The zero-order valence-electron chi connectivity index (χ0n) is 19.7. The van der Waals surface area contributed by atoms with Gasteiger partial charge in [0.15, 0.2) is 22.2 Å². The van der Waals surface area contributed by atoms with Crippen LogP contribution in [0.5, 0.6) is 0 Å². The molecule has 0 aliphatic carbocycles. The van der Waals surface area contributed by atoms with Crippen LogP contribution < -0.4 is 0 Å². The molecule has 0 bridgehead atoms. The van der Waals surface area contributed by atoms with Gasteiger partial charge < -0.3 is 13.8 Å². The molecule has 0 aromatic heterocycles. The van der Waals surface area contributed by atoms with Gasteiger partial charge in [-0.1, -0.05) is 72.4 Å². The number of allylic oxidation sites excluding steroid dienone is 2. The third kappa shape index (κ3) is 5.12. The quantitative estimate of drug-likeness (QED) is 0.130. The average molecular weight is 558 g/mol. The second kappa shape index (κ2) is 10.6. The van der Waals surface area contributed by atoms with Gasteiger partial charge in [0.1, 0.15) is 12.3 Å². The van der Waals surface area contributed by atoms with Crippen molar-refractivity contribution in [3.63, 3.8) is 0 Å². The Balaban J connectivity index is 3.44. The number of nitrogens with zero attached hydrogens (tertiary/aromatic N) is 1. The summed E-state index contributed by atoms with van der Waals surface area (Å²) in [5.74, 6) is 8.81. The van der Waals surface area contributed by atoms with Gasteiger partial charge in [-0.15, -0.1) is 0 Å². The molecule has 2 atom stereocenters. The van der Waals surface area contributed by atoms with Gasteiger partial charge >= 0.3 is 0 Å². The highest BCUT2D eigenvalue weighted by molar-refractivity contribution is 14.1. The van der Waals surface area contributed by atoms with Crippen LogP contribution in [0.3, 0.4) is 0 Å². The number of hydrogen-bond acceptors (Lipinski definition) is 3. The summed E-state index contributed by atoms with van der Waals surface area (Å²) in [7, 11) is -4.36. The Hall–Kier alpha value is -0.876. The second-order valence-corrected chi connectivity index (χ2v) is 19.7. The topological polar surface area (TPSA) is 46.6 Å². The van der Waals surface area contributed by atoms with Gasteiger partial charge in [0, 0.05) is 29.0 Å². The summed E-state index contributed by atoms with van der Waals surface area (Å²) in [4.78, 5) is 26.1. The Morgan fingerprint density at radius 3 is 2.10 bits per heavy atom. The second-order valence-electron chi connectivity index (χ2n) is 9.37. The molecule has 0 spiro atoms. The highest BCUT2D eigenvalue weighted by atomic mass is 127. The highest BCUT2D eigenvalue weighted by Gasteiger charge is 2.68. The molecule has 1 heterocycles. The van der Waals surface area contributed by atoms with E-state index in [1.807, 2.05) is 27.2 Å². The number of amides is 1. The summed E-state index contributed by atoms with van der Waals surface area (Å²) in [5.41, 5.74) is -1.15. The smallest absolute Gasteiger partial charge is 0.250 e. The van der Waals surface area contributed by atoms with E-state index >= 15 is 0 Å². The first-order valence-electron chi connectivity index (χ1n) is 10.7. The van der Waals surface area contributed by atoms with Crippen LogP contribution in [0.4, 0.5) is 0 Å². The standard InChI is InChI=1S/C23H36INO3Si2/c1-9-30(10-2,11-3)28-23(17-15-13-12-14-16-18-24)20(19-26)25(21(23)27)29(7,8)22(4,5)6/h12,14,19-20H,9-11,17H2,1-8H3/b14-12+/t20-,23+/m0/s1. The maximum absolute atomic E-state index is 13.7. The summed E-state index contributed by atoms with van der Waals surface area (Å²) < 4.78 is 11.4. The molecule has 166 valence electrons. The number of carbonyl (C=O) groups excluding carboxylic acids is 2. The molecule has 1 aliphatic heterocycles. The molecule has 1 saturated heterocycles. The molecule has 0 N–H and O–H groups in total. The lowest BCUT2D eigenvalue weighted by atomic mass is 9.83. The fourth-order valence-electron chi connectivity index (χ4n) is 3.76. The molecule has 4 nitrogen and oxygen atoms in total. The minimum atomic E-state index is -2.22. The fourth-order valence-corrected chi connectivity index (χ4v) is 9.31. The van der Waals surface area contributed by atoms with Crippen LogP contribution in [-0.2, 0) is 14.0 Å². The van der Waals surface area contributed by atoms with Crippen LogP contribution in [0.15, 0.2) is 12.2 Å². The fraction of sp³-hybridized carbons (Fsp3) is 0.652. The van der Waals surface area contributed by atoms with E-state index in [2.05, 4.69) is 76.3 Å². The van der Waals surface area contributed by atoms with E-state index in [1.165, 1.54) is 0 Å². The Morgan fingerprint density at radius 2 is 1.67 bits per heavy atom. The van der Waals surface area contributed by atoms with Crippen molar-refractivity contribution in [2.45, 2.75) is 95.9 Å². The first kappa shape index (κ1) is 27.2. The van der Waals surface area contributed by atoms with Crippen molar-refractivity contribution in [1.82, 2.24) is 4.57 Å². The SMILES string of the molecule is CC[Si](CC)(CC)O[C@@]1(CC#C/C=C/C#CI)C(=O)N([Si](C)(C)C(C)(C)C)[C@H]1C=O. The lowest BCUT2D eigenvalue weighted by Gasteiger charge is -2.62. The summed E-state index contributed by atoms with van der Waals surface area (Å²) in [6.07, 6.45) is 4.50. The van der Waals surface area contributed by atoms with E-state index in [0.29, 0.717) is 0 Å². The van der Waals surface area contributed by atoms with Gasteiger partial charge in [0.05, 0.1) is 0 Å². The molecule has 1 aliphatic rings. The predicted octanol–water partition coefficient (Wildman–Crippen LogP) is 5.51. The Labute approximate surface area is 198 Å². The first-order chi connectivity index (χ1) is 13.9. The van der Waals surface area contributed by atoms with E-state index in [9.17, 15) is 9.59 Å². The predicted molar refractivity (Wildman–Crippen MR) is 138 cm³/mol. The Bertz CT molecular complexity index is 783. The molecule has 1 fully saturated rings. The van der Waals surface area contributed by atoms with Crippen molar-refractivity contribution in [1.29, 1.82) is 0 Å². The van der Waals surface area contributed by atoms with Crippen LogP contribution in [0, 0.1) is 21.7 Å². The monoisotopic (exact) mass is 557 g/mol. The maximum Gasteiger partial charge on any atom is 0.250 e. The van der Waals surface area contributed by atoms with Crippen molar-refractivity contribution in [2.24, 2.45) is 0 Å². The van der Waals surface area contributed by atoms with Crippen LogP contribution in [-0.4, -0.2) is 45.0 Å². The molecule has 1 amide bonds. The van der Waals surface area contributed by atoms with Crippen LogP contribution >= 0.6 is 22.6 Å². The average Bonchev–Trinajstić information content (AvgIpc) is 2.69. The van der Waals surface area contributed by atoms with E-state index in [-0.39, 0.29) is 17.4 Å². The molecule has 0 aromatic rings. The van der Waals surface area contributed by atoms with Crippen molar-refractivity contribution in [3.8, 4) is 21.7 Å². The van der Waals surface area contributed by atoms with Gasteiger partial charge in [0.2, 0.25) is 5.91 Å². The van der Waals surface area contributed by atoms with Gasteiger partial charge in [-0.25, -0.2) is 0 Å². The lowest BCUT2D eigenvalue weighted by Crippen LogP contribution is -2.83. The summed E-state index contributed by atoms with van der Waals surface area (Å²) in [5, 5.41) is -0.0581. The molecule has 0 radical (unpaired) electrons. The Kier molecular flexibility index (Phi) is 9.62. The third-order valence-electron chi connectivity index (χ3n) is 6.99. The molecular formula is C23H36INO3Si2. The zero-order valence-corrected chi connectivity index (χ0v) is 23.8. The molecule has 7 heteroatoms. The number of halogens is 1. The number of carbonyl (C=O) groups is 2. The van der Waals surface area contributed by atoms with Gasteiger partial charge in [-0.05, 0) is 39.2 Å². The molecule has 0 unspecified atom stereocenters. The van der Waals surface area contributed by atoms with Crippen LogP contribution in [0.25, 0.3) is 0 Å². The minimum Gasteiger partial charge on any atom is -0.400 e. The summed E-state index contributed by atoms with van der Waals surface area (Å²) in [6, 6.07) is 2.17. The molecule has 1 rings (SSSR count). The minimum absolute atomic E-state index is 0.0521. The Morgan fingerprint density at radius 1 is 1.13 bits per heavy atom. The molecule has 0 aromatic carbocycles. The first-order valence-corrected chi connectivity index (χ1v) is 17.2. The van der Waals surface area contributed by atoms with Gasteiger partial charge in [-0.2, -0.15) is 0 Å². The number of aldehydes is 1. The maximum atomic E-state index is 13.7. The van der Waals surface area contributed by atoms with E-state index < -0.39 is 28.2 Å². The van der Waals surface area contributed by atoms with E-state index in [1.54, 1.807) is 12.2 Å². The van der Waals surface area contributed by atoms with Gasteiger partial charge in [-0.3, -0.25) is 4.79 Å². The van der Waals surface area contributed by atoms with E-state index in [4.69, 9.17) is 4.43 Å². The molecule has 0 saturated carbocycles. The van der Waals surface area contributed by atoms with Crippen molar-refractivity contribution < 1.29 is 14.0 Å². The summed E-state index contributed by atoms with van der Waals surface area (Å²) in [6.45, 7) is 17.2. The summed E-state index contributed by atoms with van der Waals surface area (Å²) >= 11 is 1.97. The normalized spacial score (nSPS) is 22.1. The lowest BCUT2D eigenvalue weighted by molar-refractivity contribution is -0.176. The number of rotatable bonds is 8. The van der Waals surface area contributed by atoms with Crippen LogP contribution in [0.1, 0.15) is 48.0 Å². The third-order valence-corrected chi connectivity index (χ3v) is 17.3. The van der Waals surface area contributed by atoms with Crippen molar-refractivity contribution >= 4 is 51.3 Å². The van der Waals surface area contributed by atoms with Crippen molar-refractivity contribution in [3.05, 3.63) is 12.2 Å². The number of hydrogen-bond donors (Lipinski definition) is 0. The number of β-lactam (4-membered cyclic amide) rings is 1. The largest absolute Gasteiger partial charge is 0.400 e. The molecular weight excluding hydrogens is 521 g/mol. The molecule has 30 heavy (non-hydrogen) atoms. The van der Waals surface area contributed by atoms with Gasteiger partial charge in [0.25, 0.3) is 0 Å². The van der Waals surface area contributed by atoms with Crippen LogP contribution in [0.2, 0.25) is 36.3 Å².